The molecule has 0 unspecified atom stereocenters. The van der Waals surface area contributed by atoms with Crippen LogP contribution in [0.4, 0.5) is 5.69 Å². The minimum Gasteiger partial charge on any atom is -0.494 e. The maximum absolute atomic E-state index is 12.5. The van der Waals surface area contributed by atoms with E-state index < -0.39 is 0 Å². The zero-order valence-electron chi connectivity index (χ0n) is 15.6. The number of carbonyl (C=O) groups is 1. The molecule has 1 amide bonds. The Hall–Kier alpha value is -2.50. The van der Waals surface area contributed by atoms with Crippen LogP contribution >= 0.6 is 0 Å². The van der Waals surface area contributed by atoms with E-state index in [1.54, 1.807) is 6.07 Å². The van der Waals surface area contributed by atoms with Gasteiger partial charge in [-0.15, -0.1) is 0 Å². The number of nitrogens with one attached hydrogen (secondary N) is 1. The zero-order chi connectivity index (χ0) is 18.4. The van der Waals surface area contributed by atoms with Gasteiger partial charge in [-0.3, -0.25) is 9.48 Å². The highest BCUT2D eigenvalue weighted by atomic mass is 16.5. The van der Waals surface area contributed by atoms with Crippen molar-refractivity contribution in [2.75, 3.05) is 18.5 Å². The predicted octanol–water partition coefficient (Wildman–Crippen LogP) is 3.89. The fourth-order valence-corrected chi connectivity index (χ4v) is 2.79. The fourth-order valence-electron chi connectivity index (χ4n) is 2.79. The molecule has 6 nitrogen and oxygen atoms in total. The first kappa shape index (κ1) is 18.8. The van der Waals surface area contributed by atoms with Crippen LogP contribution in [0.25, 0.3) is 0 Å². The monoisotopic (exact) mass is 345 g/mol. The molecular formula is C19H27N3O3. The van der Waals surface area contributed by atoms with Gasteiger partial charge in [-0.2, -0.15) is 5.10 Å². The van der Waals surface area contributed by atoms with E-state index in [-0.39, 0.29) is 11.9 Å². The van der Waals surface area contributed by atoms with Crippen molar-refractivity contribution in [2.24, 2.45) is 0 Å². The number of carbonyl (C=O) groups excluding carboxylic acids is 1. The lowest BCUT2D eigenvalue weighted by atomic mass is 10.2. The Morgan fingerprint density at radius 2 is 1.92 bits per heavy atom. The van der Waals surface area contributed by atoms with Crippen molar-refractivity contribution in [3.8, 4) is 11.5 Å². The van der Waals surface area contributed by atoms with E-state index in [1.807, 2.05) is 57.5 Å². The zero-order valence-corrected chi connectivity index (χ0v) is 15.6. The Labute approximate surface area is 149 Å². The first-order valence-electron chi connectivity index (χ1n) is 8.66. The number of nitrogens with zero attached hydrogens (tertiary/aromatic N) is 2. The fraction of sp³-hybridized carbons (Fsp3) is 0.474. The molecule has 0 bridgehead atoms. The lowest BCUT2D eigenvalue weighted by Gasteiger charge is -2.16. The second kappa shape index (κ2) is 8.55. The first-order chi connectivity index (χ1) is 11.9. The van der Waals surface area contributed by atoms with E-state index in [2.05, 4.69) is 10.4 Å². The van der Waals surface area contributed by atoms with Crippen molar-refractivity contribution in [1.82, 2.24) is 9.78 Å². The molecular weight excluding hydrogens is 318 g/mol. The van der Waals surface area contributed by atoms with Crippen LogP contribution < -0.4 is 14.8 Å². The quantitative estimate of drug-likeness (QED) is 0.788. The van der Waals surface area contributed by atoms with Crippen molar-refractivity contribution in [2.45, 2.75) is 47.1 Å². The number of hydrogen-bond acceptors (Lipinski definition) is 4. The minimum atomic E-state index is -0.0883. The topological polar surface area (TPSA) is 65.4 Å². The normalized spacial score (nSPS) is 11.9. The van der Waals surface area contributed by atoms with Crippen LogP contribution in [0.3, 0.4) is 0 Å². The van der Waals surface area contributed by atoms with Gasteiger partial charge in [-0.05, 0) is 52.8 Å². The summed E-state index contributed by atoms with van der Waals surface area (Å²) in [6.07, 6.45) is 0.326. The average molecular weight is 345 g/mol. The molecule has 1 aromatic carbocycles. The second-order valence-electron chi connectivity index (χ2n) is 6.00. The average Bonchev–Trinajstić information content (AvgIpc) is 2.89. The van der Waals surface area contributed by atoms with Crippen LogP contribution in [0.2, 0.25) is 0 Å². The highest BCUT2D eigenvalue weighted by Crippen LogP contribution is 2.30. The standard InChI is InChI=1S/C19H27N3O3/c1-6-24-16-8-9-18(25-7-2)17(12-16)20-19(23)11-15(5)22-14(4)10-13(3)21-22/h8-10,12,15H,6-7,11H2,1-5H3,(H,20,23)/t15-/m0/s1. The van der Waals surface area contributed by atoms with Gasteiger partial charge in [-0.1, -0.05) is 0 Å². The lowest BCUT2D eigenvalue weighted by molar-refractivity contribution is -0.116. The number of anilines is 1. The third-order valence-electron chi connectivity index (χ3n) is 3.78. The summed E-state index contributed by atoms with van der Waals surface area (Å²) in [5.74, 6) is 1.25. The summed E-state index contributed by atoms with van der Waals surface area (Å²) in [5, 5.41) is 7.38. The molecule has 0 radical (unpaired) electrons. The maximum atomic E-state index is 12.5. The number of aryl methyl sites for hydroxylation is 2. The number of amides is 1. The summed E-state index contributed by atoms with van der Waals surface area (Å²) in [6, 6.07) is 7.42. The first-order valence-corrected chi connectivity index (χ1v) is 8.66. The van der Waals surface area contributed by atoms with Crippen LogP contribution in [-0.4, -0.2) is 28.9 Å². The van der Waals surface area contributed by atoms with Gasteiger partial charge in [0.1, 0.15) is 11.5 Å². The molecule has 0 aliphatic rings. The number of aromatic nitrogens is 2. The molecule has 0 aliphatic carbocycles. The van der Waals surface area contributed by atoms with E-state index in [0.717, 1.165) is 11.4 Å². The SMILES string of the molecule is CCOc1ccc(OCC)c(NC(=O)C[C@H](C)n2nc(C)cc2C)c1. The molecule has 2 rings (SSSR count). The van der Waals surface area contributed by atoms with Crippen LogP contribution in [0, 0.1) is 13.8 Å². The Morgan fingerprint density at radius 1 is 1.20 bits per heavy atom. The Morgan fingerprint density at radius 3 is 2.52 bits per heavy atom. The van der Waals surface area contributed by atoms with Gasteiger partial charge in [-0.25, -0.2) is 0 Å². The molecule has 2 aromatic rings. The molecule has 6 heteroatoms. The molecule has 136 valence electrons. The molecule has 1 atom stereocenters. The number of rotatable bonds is 8. The van der Waals surface area contributed by atoms with Gasteiger partial charge < -0.3 is 14.8 Å². The Kier molecular flexibility index (Phi) is 6.44. The summed E-state index contributed by atoms with van der Waals surface area (Å²) < 4.78 is 13.0. The summed E-state index contributed by atoms with van der Waals surface area (Å²) in [5.41, 5.74) is 2.62. The molecule has 0 fully saturated rings. The predicted molar refractivity (Wildman–Crippen MR) is 98.4 cm³/mol. The van der Waals surface area contributed by atoms with Crippen molar-refractivity contribution in [3.63, 3.8) is 0 Å². The van der Waals surface area contributed by atoms with Crippen molar-refractivity contribution in [3.05, 3.63) is 35.7 Å². The van der Waals surface area contributed by atoms with E-state index in [1.165, 1.54) is 0 Å². The van der Waals surface area contributed by atoms with Gasteiger partial charge in [0.25, 0.3) is 0 Å². The van der Waals surface area contributed by atoms with Crippen molar-refractivity contribution in [1.29, 1.82) is 0 Å². The molecule has 0 saturated heterocycles. The molecule has 1 heterocycles. The largest absolute Gasteiger partial charge is 0.494 e. The van der Waals surface area contributed by atoms with Crippen LogP contribution in [-0.2, 0) is 4.79 Å². The van der Waals surface area contributed by atoms with Crippen LogP contribution in [0.5, 0.6) is 11.5 Å². The molecule has 0 aliphatic heterocycles. The second-order valence-corrected chi connectivity index (χ2v) is 6.00. The Bertz CT molecular complexity index is 725. The molecule has 1 aromatic heterocycles. The third-order valence-corrected chi connectivity index (χ3v) is 3.78. The van der Waals surface area contributed by atoms with Gasteiger partial charge in [0.2, 0.25) is 5.91 Å². The Balaban J connectivity index is 2.10. The minimum absolute atomic E-state index is 0.0284. The van der Waals surface area contributed by atoms with Gasteiger partial charge in [0.05, 0.1) is 30.6 Å². The van der Waals surface area contributed by atoms with Gasteiger partial charge in [0, 0.05) is 18.2 Å². The number of benzene rings is 1. The summed E-state index contributed by atoms with van der Waals surface area (Å²) in [6.45, 7) is 10.9. The van der Waals surface area contributed by atoms with E-state index in [4.69, 9.17) is 9.47 Å². The van der Waals surface area contributed by atoms with Gasteiger partial charge in [0.15, 0.2) is 0 Å². The van der Waals surface area contributed by atoms with E-state index in [9.17, 15) is 4.79 Å². The summed E-state index contributed by atoms with van der Waals surface area (Å²) in [7, 11) is 0. The lowest BCUT2D eigenvalue weighted by Crippen LogP contribution is -2.19. The number of ether oxygens (including phenoxy) is 2. The van der Waals surface area contributed by atoms with Crippen molar-refractivity contribution < 1.29 is 14.3 Å². The third kappa shape index (κ3) is 4.98. The maximum Gasteiger partial charge on any atom is 0.226 e. The summed E-state index contributed by atoms with van der Waals surface area (Å²) in [4.78, 5) is 12.5. The van der Waals surface area contributed by atoms with Crippen LogP contribution in [0.15, 0.2) is 24.3 Å². The smallest absolute Gasteiger partial charge is 0.226 e. The highest BCUT2D eigenvalue weighted by Gasteiger charge is 2.16. The van der Waals surface area contributed by atoms with Gasteiger partial charge >= 0.3 is 0 Å². The highest BCUT2D eigenvalue weighted by molar-refractivity contribution is 5.92. The van der Waals surface area contributed by atoms with Crippen LogP contribution in [0.1, 0.15) is 44.6 Å². The van der Waals surface area contributed by atoms with E-state index >= 15 is 0 Å². The van der Waals surface area contributed by atoms with Crippen molar-refractivity contribution >= 4 is 11.6 Å². The number of hydrogen-bond donors (Lipinski definition) is 1. The molecule has 25 heavy (non-hydrogen) atoms. The summed E-state index contributed by atoms with van der Waals surface area (Å²) >= 11 is 0. The molecule has 0 saturated carbocycles. The van der Waals surface area contributed by atoms with E-state index in [0.29, 0.717) is 36.8 Å². The molecule has 1 N–H and O–H groups in total. The molecule has 0 spiro atoms.